The summed E-state index contributed by atoms with van der Waals surface area (Å²) in [5, 5.41) is 5.68. The van der Waals surface area contributed by atoms with E-state index < -0.39 is 0 Å². The summed E-state index contributed by atoms with van der Waals surface area (Å²) in [5.74, 6) is 2.32. The number of rotatable bonds is 3. The highest BCUT2D eigenvalue weighted by atomic mass is 32.1. The lowest BCUT2D eigenvalue weighted by molar-refractivity contribution is 0.180. The van der Waals surface area contributed by atoms with E-state index in [1.165, 1.54) is 11.3 Å². The van der Waals surface area contributed by atoms with Crippen LogP contribution in [-0.2, 0) is 4.84 Å². The van der Waals surface area contributed by atoms with Crippen molar-refractivity contribution in [3.63, 3.8) is 0 Å². The monoisotopic (exact) mass is 180 g/mol. The number of nitrogens with zero attached hydrogens (tertiary/aromatic N) is 2. The molecule has 3 nitrogen and oxygen atoms in total. The molecule has 0 aromatic carbocycles. The Kier molecular flexibility index (Phi) is 3.30. The average molecular weight is 180 g/mol. The van der Waals surface area contributed by atoms with Crippen LogP contribution in [0.15, 0.2) is 16.0 Å². The minimum atomic E-state index is 0.196. The highest BCUT2D eigenvalue weighted by Crippen LogP contribution is 2.02. The fraction of sp³-hybridized carbons (Fsp3) is 0.250. The summed E-state index contributed by atoms with van der Waals surface area (Å²) in [6.07, 6.45) is 4.98. The lowest BCUT2D eigenvalue weighted by atomic mass is 10.3. The SMILES string of the molecule is C#CCO/N=C(\C)c1cscn1. The van der Waals surface area contributed by atoms with Crippen LogP contribution in [0.1, 0.15) is 12.6 Å². The van der Waals surface area contributed by atoms with Crippen molar-refractivity contribution in [2.45, 2.75) is 6.92 Å². The van der Waals surface area contributed by atoms with Crippen molar-refractivity contribution < 1.29 is 4.84 Å². The Hall–Kier alpha value is -1.34. The van der Waals surface area contributed by atoms with Crippen LogP contribution >= 0.6 is 11.3 Å². The summed E-state index contributed by atoms with van der Waals surface area (Å²) in [4.78, 5) is 8.84. The maximum absolute atomic E-state index is 4.98. The zero-order valence-corrected chi connectivity index (χ0v) is 7.47. The van der Waals surface area contributed by atoms with Crippen molar-refractivity contribution in [2.75, 3.05) is 6.61 Å². The molecule has 0 amide bonds. The molecule has 0 fully saturated rings. The Morgan fingerprint density at radius 3 is 3.33 bits per heavy atom. The molecule has 62 valence electrons. The Bertz CT molecular complexity index is 297. The molecule has 1 aromatic rings. The summed E-state index contributed by atoms with van der Waals surface area (Å²) in [5.41, 5.74) is 3.32. The molecule has 0 bridgehead atoms. The van der Waals surface area contributed by atoms with Gasteiger partial charge in [-0.15, -0.1) is 17.8 Å². The normalized spacial score (nSPS) is 10.8. The molecular formula is C8H8N2OS. The van der Waals surface area contributed by atoms with Gasteiger partial charge in [0.1, 0.15) is 5.71 Å². The first kappa shape index (κ1) is 8.75. The Morgan fingerprint density at radius 1 is 1.92 bits per heavy atom. The molecule has 0 N–H and O–H groups in total. The number of oxime groups is 1. The molecule has 0 saturated carbocycles. The molecule has 0 unspecified atom stereocenters. The van der Waals surface area contributed by atoms with Crippen LogP contribution in [0.4, 0.5) is 0 Å². The molecular weight excluding hydrogens is 172 g/mol. The van der Waals surface area contributed by atoms with Crippen molar-refractivity contribution in [1.29, 1.82) is 0 Å². The third-order valence-electron chi connectivity index (χ3n) is 1.15. The largest absolute Gasteiger partial charge is 0.382 e. The number of aromatic nitrogens is 1. The van der Waals surface area contributed by atoms with Crippen LogP contribution in [0.5, 0.6) is 0 Å². The van der Waals surface area contributed by atoms with Crippen LogP contribution < -0.4 is 0 Å². The van der Waals surface area contributed by atoms with Crippen LogP contribution in [0, 0.1) is 12.3 Å². The van der Waals surface area contributed by atoms with Gasteiger partial charge in [-0.05, 0) is 6.92 Å². The fourth-order valence-corrected chi connectivity index (χ4v) is 1.20. The van der Waals surface area contributed by atoms with Gasteiger partial charge in [0.2, 0.25) is 0 Å². The molecule has 0 aliphatic carbocycles. The molecule has 1 rings (SSSR count). The summed E-state index contributed by atoms with van der Waals surface area (Å²) < 4.78 is 0. The van der Waals surface area contributed by atoms with Crippen LogP contribution in [0.3, 0.4) is 0 Å². The summed E-state index contributed by atoms with van der Waals surface area (Å²) in [6.45, 7) is 2.02. The van der Waals surface area contributed by atoms with Gasteiger partial charge in [0, 0.05) is 5.38 Å². The highest BCUT2D eigenvalue weighted by Gasteiger charge is 1.98. The average Bonchev–Trinajstić information content (AvgIpc) is 2.56. The Morgan fingerprint density at radius 2 is 2.75 bits per heavy atom. The second kappa shape index (κ2) is 4.52. The van der Waals surface area contributed by atoms with E-state index in [2.05, 4.69) is 16.1 Å². The standard InChI is InChI=1S/C8H8N2OS/c1-3-4-11-10-7(2)8-5-12-6-9-8/h1,5-6H,4H2,2H3/b10-7+. The molecule has 0 aliphatic rings. The summed E-state index contributed by atoms with van der Waals surface area (Å²) >= 11 is 1.52. The first-order valence-corrected chi connectivity index (χ1v) is 4.27. The van der Waals surface area contributed by atoms with Gasteiger partial charge in [-0.25, -0.2) is 4.98 Å². The molecule has 1 heterocycles. The second-order valence-electron chi connectivity index (χ2n) is 2.03. The molecule has 0 saturated heterocycles. The minimum Gasteiger partial charge on any atom is -0.382 e. The first-order valence-electron chi connectivity index (χ1n) is 3.33. The van der Waals surface area contributed by atoms with Gasteiger partial charge in [0.15, 0.2) is 6.61 Å². The Labute approximate surface area is 75.1 Å². The summed E-state index contributed by atoms with van der Waals surface area (Å²) in [7, 11) is 0. The molecule has 0 radical (unpaired) electrons. The van der Waals surface area contributed by atoms with E-state index in [0.717, 1.165) is 11.4 Å². The van der Waals surface area contributed by atoms with E-state index in [4.69, 9.17) is 11.3 Å². The first-order chi connectivity index (χ1) is 5.84. The van der Waals surface area contributed by atoms with E-state index in [1.54, 1.807) is 5.51 Å². The van der Waals surface area contributed by atoms with Crippen molar-refractivity contribution in [3.8, 4) is 12.3 Å². The number of thiazole rings is 1. The maximum atomic E-state index is 4.98. The van der Waals surface area contributed by atoms with Gasteiger partial charge in [0.25, 0.3) is 0 Å². The lowest BCUT2D eigenvalue weighted by Gasteiger charge is -1.94. The van der Waals surface area contributed by atoms with Gasteiger partial charge in [-0.2, -0.15) is 0 Å². The lowest BCUT2D eigenvalue weighted by Crippen LogP contribution is -1.96. The second-order valence-corrected chi connectivity index (χ2v) is 2.75. The zero-order chi connectivity index (χ0) is 8.81. The number of hydrogen-bond donors (Lipinski definition) is 0. The number of terminal acetylenes is 1. The Balaban J connectivity index is 2.54. The van der Waals surface area contributed by atoms with Gasteiger partial charge in [0.05, 0.1) is 11.2 Å². The molecule has 12 heavy (non-hydrogen) atoms. The maximum Gasteiger partial charge on any atom is 0.177 e. The molecule has 0 spiro atoms. The van der Waals surface area contributed by atoms with E-state index in [-0.39, 0.29) is 6.61 Å². The van der Waals surface area contributed by atoms with E-state index in [0.29, 0.717) is 0 Å². The third kappa shape index (κ3) is 2.36. The van der Waals surface area contributed by atoms with Crippen LogP contribution in [0.2, 0.25) is 0 Å². The highest BCUT2D eigenvalue weighted by molar-refractivity contribution is 7.07. The smallest absolute Gasteiger partial charge is 0.177 e. The van der Waals surface area contributed by atoms with Crippen LogP contribution in [-0.4, -0.2) is 17.3 Å². The molecule has 0 atom stereocenters. The quantitative estimate of drug-likeness (QED) is 0.306. The van der Waals surface area contributed by atoms with Gasteiger partial charge < -0.3 is 4.84 Å². The molecule has 0 aliphatic heterocycles. The van der Waals surface area contributed by atoms with Gasteiger partial charge >= 0.3 is 0 Å². The fourth-order valence-electron chi connectivity index (χ4n) is 0.604. The minimum absolute atomic E-state index is 0.196. The topological polar surface area (TPSA) is 34.5 Å². The van der Waals surface area contributed by atoms with Crippen molar-refractivity contribution in [2.24, 2.45) is 5.16 Å². The van der Waals surface area contributed by atoms with Crippen molar-refractivity contribution >= 4 is 17.0 Å². The van der Waals surface area contributed by atoms with E-state index >= 15 is 0 Å². The predicted octanol–water partition coefficient (Wildman–Crippen LogP) is 1.52. The van der Waals surface area contributed by atoms with Crippen LogP contribution in [0.25, 0.3) is 0 Å². The van der Waals surface area contributed by atoms with Gasteiger partial charge in [-0.3, -0.25) is 0 Å². The predicted molar refractivity (Wildman–Crippen MR) is 49.1 cm³/mol. The summed E-state index contributed by atoms with van der Waals surface area (Å²) in [6, 6.07) is 0. The molecule has 4 heteroatoms. The van der Waals surface area contributed by atoms with Gasteiger partial charge in [-0.1, -0.05) is 11.1 Å². The van der Waals surface area contributed by atoms with E-state index in [1.807, 2.05) is 12.3 Å². The van der Waals surface area contributed by atoms with Crippen molar-refractivity contribution in [1.82, 2.24) is 4.98 Å². The molecule has 1 aromatic heterocycles. The van der Waals surface area contributed by atoms with E-state index in [9.17, 15) is 0 Å². The van der Waals surface area contributed by atoms with Crippen molar-refractivity contribution in [3.05, 3.63) is 16.6 Å². The number of hydrogen-bond acceptors (Lipinski definition) is 4. The third-order valence-corrected chi connectivity index (χ3v) is 1.74. The zero-order valence-electron chi connectivity index (χ0n) is 6.65.